The molecule has 0 saturated heterocycles. The first-order valence-electron chi connectivity index (χ1n) is 9.56. The number of Topliss-reactive ketones (excluding diaryl/α,β-unsaturated/α-hetero) is 1. The molecule has 1 amide bonds. The van der Waals surface area contributed by atoms with Crippen LogP contribution in [-0.4, -0.2) is 66.9 Å². The summed E-state index contributed by atoms with van der Waals surface area (Å²) in [5.41, 5.74) is 2.14. The summed E-state index contributed by atoms with van der Waals surface area (Å²) in [5, 5.41) is 10.3. The Kier molecular flexibility index (Phi) is 7.02. The smallest absolute Gasteiger partial charge is 0.290 e. The summed E-state index contributed by atoms with van der Waals surface area (Å²) in [6.07, 6.45) is 0.769. The van der Waals surface area contributed by atoms with E-state index in [4.69, 9.17) is 0 Å². The molecule has 1 N–H and O–H groups in total. The topological polar surface area (TPSA) is 64.1 Å². The molecule has 0 aromatic heterocycles. The fourth-order valence-electron chi connectivity index (χ4n) is 3.60. The number of ketones is 1. The van der Waals surface area contributed by atoms with E-state index < -0.39 is 17.7 Å². The monoisotopic (exact) mass is 373 g/mol. The number of hydrogen-bond donors (Lipinski definition) is 1. The van der Waals surface area contributed by atoms with E-state index in [9.17, 15) is 14.7 Å². The zero-order chi connectivity index (χ0) is 20.1. The third-order valence-corrected chi connectivity index (χ3v) is 5.02. The normalized spacial score (nSPS) is 17.2. The molecule has 0 radical (unpaired) electrons. The van der Waals surface area contributed by atoms with Crippen LogP contribution in [0, 0.1) is 0 Å². The molecule has 148 valence electrons. The minimum Gasteiger partial charge on any atom is -0.503 e. The number of nitrogens with zero attached hydrogens (tertiary/aromatic N) is 3. The molecule has 1 aliphatic heterocycles. The molecule has 0 fully saturated rings. The first kappa shape index (κ1) is 21.0. The SMILES string of the molecule is CCN(CC)c1ccc(C2C(C(C)=O)=C(O)C(=O)N2CCCN(C)C)cc1. The van der Waals surface area contributed by atoms with Gasteiger partial charge in [0.15, 0.2) is 11.5 Å². The van der Waals surface area contributed by atoms with Crippen LogP contribution in [0.2, 0.25) is 0 Å². The van der Waals surface area contributed by atoms with Crippen molar-refractivity contribution in [2.45, 2.75) is 33.2 Å². The third kappa shape index (κ3) is 4.50. The summed E-state index contributed by atoms with van der Waals surface area (Å²) < 4.78 is 0. The third-order valence-electron chi connectivity index (χ3n) is 5.02. The Morgan fingerprint density at radius 3 is 2.22 bits per heavy atom. The van der Waals surface area contributed by atoms with Crippen molar-refractivity contribution >= 4 is 17.4 Å². The van der Waals surface area contributed by atoms with Gasteiger partial charge in [0.1, 0.15) is 0 Å². The second-order valence-electron chi connectivity index (χ2n) is 7.14. The number of aliphatic hydroxyl groups excluding tert-OH is 1. The van der Waals surface area contributed by atoms with Crippen LogP contribution in [0.5, 0.6) is 0 Å². The van der Waals surface area contributed by atoms with Crippen molar-refractivity contribution in [1.82, 2.24) is 9.80 Å². The van der Waals surface area contributed by atoms with Gasteiger partial charge >= 0.3 is 0 Å². The maximum absolute atomic E-state index is 12.6. The van der Waals surface area contributed by atoms with Gasteiger partial charge in [-0.25, -0.2) is 0 Å². The summed E-state index contributed by atoms with van der Waals surface area (Å²) >= 11 is 0. The maximum atomic E-state index is 12.6. The first-order chi connectivity index (χ1) is 12.8. The average molecular weight is 373 g/mol. The second kappa shape index (κ2) is 9.04. The summed E-state index contributed by atoms with van der Waals surface area (Å²) in [7, 11) is 3.96. The largest absolute Gasteiger partial charge is 0.503 e. The lowest BCUT2D eigenvalue weighted by Gasteiger charge is -2.28. The summed E-state index contributed by atoms with van der Waals surface area (Å²) in [5.74, 6) is -1.14. The molecule has 6 heteroatoms. The van der Waals surface area contributed by atoms with Gasteiger partial charge in [-0.15, -0.1) is 0 Å². The minimum absolute atomic E-state index is 0.195. The zero-order valence-corrected chi connectivity index (χ0v) is 17.0. The van der Waals surface area contributed by atoms with Gasteiger partial charge in [-0.3, -0.25) is 9.59 Å². The molecule has 1 aliphatic rings. The van der Waals surface area contributed by atoms with E-state index in [0.29, 0.717) is 6.54 Å². The molecule has 0 saturated carbocycles. The van der Waals surface area contributed by atoms with Crippen LogP contribution in [0.3, 0.4) is 0 Å². The lowest BCUT2D eigenvalue weighted by Crippen LogP contribution is -2.33. The van der Waals surface area contributed by atoms with Crippen LogP contribution >= 0.6 is 0 Å². The molecule has 27 heavy (non-hydrogen) atoms. The molecule has 1 aromatic rings. The van der Waals surface area contributed by atoms with E-state index in [0.717, 1.165) is 37.3 Å². The van der Waals surface area contributed by atoms with Crippen LogP contribution in [0.25, 0.3) is 0 Å². The van der Waals surface area contributed by atoms with E-state index in [1.807, 2.05) is 43.3 Å². The highest BCUT2D eigenvalue weighted by atomic mass is 16.3. The van der Waals surface area contributed by atoms with Crippen LogP contribution < -0.4 is 4.90 Å². The van der Waals surface area contributed by atoms with Gasteiger partial charge in [0.25, 0.3) is 5.91 Å². The minimum atomic E-state index is -0.525. The molecule has 0 bridgehead atoms. The van der Waals surface area contributed by atoms with Gasteiger partial charge in [0.2, 0.25) is 0 Å². The number of carbonyl (C=O) groups is 2. The molecule has 6 nitrogen and oxygen atoms in total. The summed E-state index contributed by atoms with van der Waals surface area (Å²) in [6.45, 7) is 8.75. The van der Waals surface area contributed by atoms with E-state index in [1.54, 1.807) is 4.90 Å². The van der Waals surface area contributed by atoms with Crippen molar-refractivity contribution < 1.29 is 14.7 Å². The Balaban J connectivity index is 2.34. The number of benzene rings is 1. The van der Waals surface area contributed by atoms with Crippen molar-refractivity contribution in [2.75, 3.05) is 45.2 Å². The Morgan fingerprint density at radius 1 is 1.15 bits per heavy atom. The molecule has 0 spiro atoms. The number of amides is 1. The summed E-state index contributed by atoms with van der Waals surface area (Å²) in [6, 6.07) is 7.40. The van der Waals surface area contributed by atoms with Crippen LogP contribution in [-0.2, 0) is 9.59 Å². The molecule has 2 rings (SSSR count). The van der Waals surface area contributed by atoms with Crippen molar-refractivity contribution in [2.24, 2.45) is 0 Å². The van der Waals surface area contributed by atoms with Crippen molar-refractivity contribution in [3.05, 3.63) is 41.2 Å². The second-order valence-corrected chi connectivity index (χ2v) is 7.14. The van der Waals surface area contributed by atoms with Gasteiger partial charge in [-0.05, 0) is 65.5 Å². The molecular weight excluding hydrogens is 342 g/mol. The Labute approximate surface area is 162 Å². The molecule has 0 aliphatic carbocycles. The number of carbonyl (C=O) groups excluding carboxylic acids is 2. The zero-order valence-electron chi connectivity index (χ0n) is 17.0. The van der Waals surface area contributed by atoms with E-state index >= 15 is 0 Å². The van der Waals surface area contributed by atoms with Crippen molar-refractivity contribution in [3.8, 4) is 0 Å². The van der Waals surface area contributed by atoms with Crippen molar-refractivity contribution in [3.63, 3.8) is 0 Å². The van der Waals surface area contributed by atoms with Gasteiger partial charge < -0.3 is 19.8 Å². The van der Waals surface area contributed by atoms with Gasteiger partial charge in [0, 0.05) is 25.3 Å². The predicted octanol–water partition coefficient (Wildman–Crippen LogP) is 2.77. The highest BCUT2D eigenvalue weighted by molar-refractivity contribution is 6.08. The first-order valence-corrected chi connectivity index (χ1v) is 9.56. The van der Waals surface area contributed by atoms with Gasteiger partial charge in [0.05, 0.1) is 11.6 Å². The number of aliphatic hydroxyl groups is 1. The van der Waals surface area contributed by atoms with Gasteiger partial charge in [-0.1, -0.05) is 12.1 Å². The number of hydrogen-bond acceptors (Lipinski definition) is 5. The Morgan fingerprint density at radius 2 is 1.74 bits per heavy atom. The number of anilines is 1. The lowest BCUT2D eigenvalue weighted by molar-refractivity contribution is -0.129. The molecular formula is C21H31N3O3. The fraction of sp³-hybridized carbons (Fsp3) is 0.524. The predicted molar refractivity (Wildman–Crippen MR) is 108 cm³/mol. The van der Waals surface area contributed by atoms with E-state index in [-0.39, 0.29) is 11.4 Å². The Bertz CT molecular complexity index is 706. The fourth-order valence-corrected chi connectivity index (χ4v) is 3.60. The average Bonchev–Trinajstić information content (AvgIpc) is 2.88. The van der Waals surface area contributed by atoms with Crippen molar-refractivity contribution in [1.29, 1.82) is 0 Å². The molecule has 1 unspecified atom stereocenters. The highest BCUT2D eigenvalue weighted by Crippen LogP contribution is 2.38. The van der Waals surface area contributed by atoms with Crippen LogP contribution in [0.15, 0.2) is 35.6 Å². The van der Waals surface area contributed by atoms with E-state index in [1.165, 1.54) is 6.92 Å². The molecule has 1 heterocycles. The van der Waals surface area contributed by atoms with Crippen LogP contribution in [0.1, 0.15) is 38.8 Å². The standard InChI is InChI=1S/C21H31N3O3/c1-6-23(7-2)17-11-9-16(10-12-17)19-18(15(3)25)20(26)21(27)24(19)14-8-13-22(4)5/h9-12,19,26H,6-8,13-14H2,1-5H3. The quantitative estimate of drug-likeness (QED) is 0.721. The number of rotatable bonds is 9. The molecule has 1 atom stereocenters. The Hall–Kier alpha value is -2.34. The van der Waals surface area contributed by atoms with Gasteiger partial charge in [-0.2, -0.15) is 0 Å². The van der Waals surface area contributed by atoms with E-state index in [2.05, 4.69) is 18.7 Å². The lowest BCUT2D eigenvalue weighted by atomic mass is 9.96. The highest BCUT2D eigenvalue weighted by Gasteiger charge is 2.41. The molecule has 1 aromatic carbocycles. The van der Waals surface area contributed by atoms with Crippen LogP contribution in [0.4, 0.5) is 5.69 Å². The summed E-state index contributed by atoms with van der Waals surface area (Å²) in [4.78, 5) is 30.7. The maximum Gasteiger partial charge on any atom is 0.290 e.